The van der Waals surface area contributed by atoms with Gasteiger partial charge in [-0.25, -0.2) is 0 Å². The van der Waals surface area contributed by atoms with Gasteiger partial charge in [0.1, 0.15) is 11.5 Å². The van der Waals surface area contributed by atoms with E-state index >= 15 is 0 Å². The molecule has 172 valence electrons. The minimum atomic E-state index is -1.37. The second kappa shape index (κ2) is 10.0. The molecule has 0 unspecified atom stereocenters. The number of nitrogens with two attached hydrogens (primary N) is 1. The minimum Gasteiger partial charge on any atom is -0.458 e. The number of benzene rings is 2. The molecular formula is C27H31N3O3. The Morgan fingerprint density at radius 3 is 2.58 bits per heavy atom. The quantitative estimate of drug-likeness (QED) is 0.515. The van der Waals surface area contributed by atoms with Crippen LogP contribution in [-0.2, 0) is 16.1 Å². The van der Waals surface area contributed by atoms with Gasteiger partial charge >= 0.3 is 0 Å². The maximum absolute atomic E-state index is 13.4. The summed E-state index contributed by atoms with van der Waals surface area (Å²) in [6.07, 6.45) is 7.32. The van der Waals surface area contributed by atoms with Crippen molar-refractivity contribution < 1.29 is 14.3 Å². The summed E-state index contributed by atoms with van der Waals surface area (Å²) in [5.41, 5.74) is 6.74. The molecule has 2 amide bonds. The Labute approximate surface area is 194 Å². The molecule has 0 aromatic heterocycles. The summed E-state index contributed by atoms with van der Waals surface area (Å²) in [4.78, 5) is 26.6. The summed E-state index contributed by atoms with van der Waals surface area (Å²) in [5.74, 6) is 0.838. The molecular weight excluding hydrogens is 414 g/mol. The van der Waals surface area contributed by atoms with Crippen molar-refractivity contribution in [1.29, 1.82) is 0 Å². The van der Waals surface area contributed by atoms with Gasteiger partial charge in [-0.15, -0.1) is 0 Å². The lowest BCUT2D eigenvalue weighted by atomic mass is 9.79. The SMILES string of the molecule is CCCNC(=O)[C@@]1(C(=O)NCc2ccccc2)C=C(Oc2cccc([C@H]3C[C@@H]3N)c2)C=CC1. The van der Waals surface area contributed by atoms with Crippen LogP contribution in [0.15, 0.2) is 78.6 Å². The smallest absolute Gasteiger partial charge is 0.240 e. The van der Waals surface area contributed by atoms with E-state index in [0.29, 0.717) is 30.5 Å². The number of hydrogen-bond donors (Lipinski definition) is 3. The number of nitrogens with one attached hydrogen (secondary N) is 2. The Morgan fingerprint density at radius 2 is 1.85 bits per heavy atom. The highest BCUT2D eigenvalue weighted by Gasteiger charge is 2.45. The van der Waals surface area contributed by atoms with Gasteiger partial charge in [-0.2, -0.15) is 0 Å². The lowest BCUT2D eigenvalue weighted by molar-refractivity contribution is -0.140. The van der Waals surface area contributed by atoms with E-state index in [4.69, 9.17) is 10.5 Å². The zero-order valence-electron chi connectivity index (χ0n) is 18.9. The van der Waals surface area contributed by atoms with Crippen LogP contribution in [0.2, 0.25) is 0 Å². The summed E-state index contributed by atoms with van der Waals surface area (Å²) in [5, 5.41) is 5.84. The maximum atomic E-state index is 13.4. The van der Waals surface area contributed by atoms with Crippen LogP contribution in [-0.4, -0.2) is 24.4 Å². The summed E-state index contributed by atoms with van der Waals surface area (Å²) in [7, 11) is 0. The van der Waals surface area contributed by atoms with E-state index in [9.17, 15) is 9.59 Å². The molecule has 0 spiro atoms. The number of ether oxygens (including phenoxy) is 1. The van der Waals surface area contributed by atoms with E-state index in [1.807, 2.05) is 67.6 Å². The van der Waals surface area contributed by atoms with Gasteiger partial charge in [0.15, 0.2) is 5.41 Å². The van der Waals surface area contributed by atoms with E-state index < -0.39 is 5.41 Å². The largest absolute Gasteiger partial charge is 0.458 e. The van der Waals surface area contributed by atoms with Crippen molar-refractivity contribution in [3.63, 3.8) is 0 Å². The first-order valence-corrected chi connectivity index (χ1v) is 11.5. The second-order valence-electron chi connectivity index (χ2n) is 8.73. The fourth-order valence-corrected chi connectivity index (χ4v) is 4.07. The number of amides is 2. The molecule has 0 radical (unpaired) electrons. The molecule has 3 atom stereocenters. The summed E-state index contributed by atoms with van der Waals surface area (Å²) in [6.45, 7) is 2.83. The summed E-state index contributed by atoms with van der Waals surface area (Å²) in [6, 6.07) is 17.7. The molecule has 0 aliphatic heterocycles. The Hall–Kier alpha value is -3.38. The molecule has 2 aromatic rings. The molecule has 0 heterocycles. The van der Waals surface area contributed by atoms with Crippen molar-refractivity contribution in [3.05, 3.63) is 89.7 Å². The summed E-state index contributed by atoms with van der Waals surface area (Å²) < 4.78 is 6.11. The molecule has 2 aromatic carbocycles. The highest BCUT2D eigenvalue weighted by atomic mass is 16.5. The number of hydrogen-bond acceptors (Lipinski definition) is 4. The van der Waals surface area contributed by atoms with Crippen molar-refractivity contribution in [2.24, 2.45) is 11.1 Å². The van der Waals surface area contributed by atoms with Crippen molar-refractivity contribution >= 4 is 11.8 Å². The van der Waals surface area contributed by atoms with Gasteiger partial charge in [-0.3, -0.25) is 9.59 Å². The molecule has 4 rings (SSSR count). The van der Waals surface area contributed by atoms with Crippen LogP contribution in [0.25, 0.3) is 0 Å². The molecule has 1 fully saturated rings. The topological polar surface area (TPSA) is 93.5 Å². The van der Waals surface area contributed by atoms with E-state index in [1.54, 1.807) is 6.08 Å². The second-order valence-corrected chi connectivity index (χ2v) is 8.73. The van der Waals surface area contributed by atoms with E-state index in [1.165, 1.54) is 0 Å². The molecule has 6 nitrogen and oxygen atoms in total. The molecule has 0 bridgehead atoms. The zero-order chi connectivity index (χ0) is 23.3. The zero-order valence-corrected chi connectivity index (χ0v) is 18.9. The van der Waals surface area contributed by atoms with Crippen molar-refractivity contribution in [3.8, 4) is 5.75 Å². The monoisotopic (exact) mass is 445 g/mol. The first kappa shape index (κ1) is 22.8. The average Bonchev–Trinajstić information content (AvgIpc) is 3.58. The van der Waals surface area contributed by atoms with Gasteiger partial charge in [0.05, 0.1) is 0 Å². The number of rotatable bonds is 9. The maximum Gasteiger partial charge on any atom is 0.240 e. The van der Waals surface area contributed by atoms with Crippen molar-refractivity contribution in [2.75, 3.05) is 6.54 Å². The fraction of sp³-hybridized carbons (Fsp3) is 0.333. The average molecular weight is 446 g/mol. The first-order chi connectivity index (χ1) is 16.0. The van der Waals surface area contributed by atoms with Gasteiger partial charge in [0.2, 0.25) is 11.8 Å². The Bertz CT molecular complexity index is 1060. The van der Waals surface area contributed by atoms with E-state index in [0.717, 1.165) is 24.0 Å². The summed E-state index contributed by atoms with van der Waals surface area (Å²) >= 11 is 0. The minimum absolute atomic E-state index is 0.206. The van der Waals surface area contributed by atoms with Crippen molar-refractivity contribution in [1.82, 2.24) is 10.6 Å². The molecule has 2 aliphatic rings. The van der Waals surface area contributed by atoms with Crippen LogP contribution < -0.4 is 21.1 Å². The van der Waals surface area contributed by atoms with Gasteiger partial charge in [-0.1, -0.05) is 55.5 Å². The van der Waals surface area contributed by atoms with Crippen LogP contribution in [0.4, 0.5) is 0 Å². The number of allylic oxidation sites excluding steroid dienone is 2. The van der Waals surface area contributed by atoms with E-state index in [2.05, 4.69) is 16.7 Å². The highest BCUT2D eigenvalue weighted by Crippen LogP contribution is 2.40. The normalized spacial score (nSPS) is 23.4. The third kappa shape index (κ3) is 5.34. The predicted octanol–water partition coefficient (Wildman–Crippen LogP) is 3.55. The third-order valence-electron chi connectivity index (χ3n) is 6.11. The van der Waals surface area contributed by atoms with E-state index in [-0.39, 0.29) is 24.3 Å². The van der Waals surface area contributed by atoms with Gasteiger partial charge < -0.3 is 21.1 Å². The van der Waals surface area contributed by atoms with Crippen LogP contribution >= 0.6 is 0 Å². The van der Waals surface area contributed by atoms with Gasteiger partial charge in [0.25, 0.3) is 0 Å². The lowest BCUT2D eigenvalue weighted by Gasteiger charge is -2.30. The molecule has 33 heavy (non-hydrogen) atoms. The Morgan fingerprint density at radius 1 is 1.09 bits per heavy atom. The fourth-order valence-electron chi connectivity index (χ4n) is 4.07. The molecule has 0 saturated heterocycles. The van der Waals surface area contributed by atoms with Crippen LogP contribution in [0.1, 0.15) is 43.2 Å². The Kier molecular flexibility index (Phi) is 6.94. The van der Waals surface area contributed by atoms with Crippen molar-refractivity contribution in [2.45, 2.75) is 44.7 Å². The van der Waals surface area contributed by atoms with Crippen LogP contribution in [0.5, 0.6) is 5.75 Å². The van der Waals surface area contributed by atoms with Crippen LogP contribution in [0.3, 0.4) is 0 Å². The first-order valence-electron chi connectivity index (χ1n) is 11.5. The lowest BCUT2D eigenvalue weighted by Crippen LogP contribution is -2.51. The van der Waals surface area contributed by atoms with Crippen LogP contribution in [0, 0.1) is 5.41 Å². The molecule has 1 saturated carbocycles. The third-order valence-corrected chi connectivity index (χ3v) is 6.11. The standard InChI is InChI=1S/C27H31N3O3/c1-2-14-29-25(31)27(26(32)30-18-19-8-4-3-5-9-19)13-7-12-22(17-27)33-21-11-6-10-20(15-21)23-16-24(23)28/h3-12,15,17,23-24H,2,13-14,16,18,28H2,1H3,(H,29,31)(H,30,32)/t23-,24+,27+/m1/s1. The molecule has 4 N–H and O–H groups in total. The Balaban J connectivity index is 1.55. The molecule has 6 heteroatoms. The highest BCUT2D eigenvalue weighted by molar-refractivity contribution is 6.07. The number of carbonyl (C=O) groups excluding carboxylic acids is 2. The van der Waals surface area contributed by atoms with Gasteiger partial charge in [-0.05, 0) is 54.7 Å². The molecule has 2 aliphatic carbocycles. The van der Waals surface area contributed by atoms with Gasteiger partial charge in [0, 0.05) is 25.0 Å². The number of carbonyl (C=O) groups is 2. The predicted molar refractivity (Wildman–Crippen MR) is 128 cm³/mol.